The zero-order chi connectivity index (χ0) is 13.4. The first-order valence-electron chi connectivity index (χ1n) is 6.45. The lowest BCUT2D eigenvalue weighted by molar-refractivity contribution is 0.838. The summed E-state index contributed by atoms with van der Waals surface area (Å²) in [5.74, 6) is 0. The van der Waals surface area contributed by atoms with Gasteiger partial charge in [0.05, 0.1) is 11.4 Å². The fourth-order valence-electron chi connectivity index (χ4n) is 2.60. The number of benzene rings is 2. The summed E-state index contributed by atoms with van der Waals surface area (Å²) in [7, 11) is 0. The third kappa shape index (κ3) is 1.83. The minimum absolute atomic E-state index is 0.530. The third-order valence-electron chi connectivity index (χ3n) is 3.64. The van der Waals surface area contributed by atoms with Crippen molar-refractivity contribution in [3.05, 3.63) is 59.4 Å². The van der Waals surface area contributed by atoms with Crippen LogP contribution in [0.4, 0.5) is 0 Å². The molecule has 0 aliphatic carbocycles. The van der Waals surface area contributed by atoms with Crippen LogP contribution in [0.1, 0.15) is 17.0 Å². The van der Waals surface area contributed by atoms with Crippen LogP contribution in [-0.4, -0.2) is 9.78 Å². The summed E-state index contributed by atoms with van der Waals surface area (Å²) in [5.41, 5.74) is 10.2. The van der Waals surface area contributed by atoms with Crippen LogP contribution in [0.3, 0.4) is 0 Å². The molecule has 3 rings (SSSR count). The van der Waals surface area contributed by atoms with E-state index in [4.69, 9.17) is 5.73 Å². The number of hydrogen-bond donors (Lipinski definition) is 1. The number of nitrogens with two attached hydrogens (primary N) is 1. The predicted octanol–water partition coefficient (Wildman–Crippen LogP) is 3.10. The van der Waals surface area contributed by atoms with Crippen molar-refractivity contribution in [3.8, 4) is 5.69 Å². The molecule has 0 amide bonds. The number of fused-ring (bicyclic) bond motifs is 1. The van der Waals surface area contributed by atoms with Gasteiger partial charge < -0.3 is 5.73 Å². The molecule has 3 heteroatoms. The second-order valence-electron chi connectivity index (χ2n) is 4.76. The Bertz CT molecular complexity index is 736. The van der Waals surface area contributed by atoms with E-state index in [1.165, 1.54) is 10.8 Å². The van der Waals surface area contributed by atoms with Crippen LogP contribution in [0.25, 0.3) is 16.5 Å². The van der Waals surface area contributed by atoms with E-state index in [2.05, 4.69) is 54.5 Å². The Hall–Kier alpha value is -2.13. The van der Waals surface area contributed by atoms with E-state index in [1.54, 1.807) is 0 Å². The van der Waals surface area contributed by atoms with Gasteiger partial charge in [-0.2, -0.15) is 5.10 Å². The Morgan fingerprint density at radius 2 is 1.79 bits per heavy atom. The van der Waals surface area contributed by atoms with Gasteiger partial charge in [0.25, 0.3) is 0 Å². The molecule has 0 radical (unpaired) electrons. The topological polar surface area (TPSA) is 43.8 Å². The average molecular weight is 251 g/mol. The first kappa shape index (κ1) is 11.9. The highest BCUT2D eigenvalue weighted by Gasteiger charge is 2.12. The lowest BCUT2D eigenvalue weighted by atomic mass is 10.1. The fourth-order valence-corrected chi connectivity index (χ4v) is 2.60. The van der Waals surface area contributed by atoms with Crippen LogP contribution < -0.4 is 5.73 Å². The molecule has 1 aromatic heterocycles. The lowest BCUT2D eigenvalue weighted by Gasteiger charge is -2.09. The number of hydrogen-bond acceptors (Lipinski definition) is 2. The SMILES string of the molecule is Cc1nn(-c2cccc3ccccc23)c(C)c1CN. The van der Waals surface area contributed by atoms with Crippen LogP contribution >= 0.6 is 0 Å². The molecule has 0 bridgehead atoms. The minimum atomic E-state index is 0.530. The van der Waals surface area contributed by atoms with Crippen LogP contribution in [0.5, 0.6) is 0 Å². The van der Waals surface area contributed by atoms with Crippen LogP contribution in [0.2, 0.25) is 0 Å². The van der Waals surface area contributed by atoms with E-state index in [1.807, 2.05) is 11.6 Å². The van der Waals surface area contributed by atoms with Gasteiger partial charge in [0, 0.05) is 23.2 Å². The predicted molar refractivity (Wildman–Crippen MR) is 78.4 cm³/mol. The maximum absolute atomic E-state index is 5.80. The average Bonchev–Trinajstić information content (AvgIpc) is 2.72. The van der Waals surface area contributed by atoms with Crippen molar-refractivity contribution in [3.63, 3.8) is 0 Å². The molecule has 0 atom stereocenters. The van der Waals surface area contributed by atoms with E-state index in [9.17, 15) is 0 Å². The molecular weight excluding hydrogens is 234 g/mol. The number of aryl methyl sites for hydroxylation is 1. The summed E-state index contributed by atoms with van der Waals surface area (Å²) in [6.45, 7) is 4.61. The maximum atomic E-state index is 5.80. The maximum Gasteiger partial charge on any atom is 0.0727 e. The molecule has 1 heterocycles. The highest BCUT2D eigenvalue weighted by atomic mass is 15.3. The van der Waals surface area contributed by atoms with Crippen molar-refractivity contribution < 1.29 is 0 Å². The van der Waals surface area contributed by atoms with E-state index < -0.39 is 0 Å². The van der Waals surface area contributed by atoms with Crippen LogP contribution in [0, 0.1) is 13.8 Å². The Morgan fingerprint density at radius 3 is 2.53 bits per heavy atom. The van der Waals surface area contributed by atoms with Gasteiger partial charge in [0.15, 0.2) is 0 Å². The van der Waals surface area contributed by atoms with Gasteiger partial charge >= 0.3 is 0 Å². The van der Waals surface area contributed by atoms with Gasteiger partial charge in [0.2, 0.25) is 0 Å². The summed E-state index contributed by atoms with van der Waals surface area (Å²) in [5, 5.41) is 7.07. The second kappa shape index (κ2) is 4.52. The Kier molecular flexibility index (Phi) is 2.84. The molecule has 0 saturated carbocycles. The van der Waals surface area contributed by atoms with Crippen molar-refractivity contribution in [1.29, 1.82) is 0 Å². The van der Waals surface area contributed by atoms with Gasteiger partial charge in [-0.25, -0.2) is 4.68 Å². The normalized spacial score (nSPS) is 11.1. The molecule has 0 aliphatic rings. The van der Waals surface area contributed by atoms with Gasteiger partial charge in [-0.3, -0.25) is 0 Å². The standard InChI is InChI=1S/C16H17N3/c1-11-15(10-17)12(2)19(18-11)16-9-5-7-13-6-3-4-8-14(13)16/h3-9H,10,17H2,1-2H3. The molecule has 0 unspecified atom stereocenters. The molecule has 96 valence electrons. The van der Waals surface area contributed by atoms with E-state index in [-0.39, 0.29) is 0 Å². The van der Waals surface area contributed by atoms with Crippen molar-refractivity contribution in [2.75, 3.05) is 0 Å². The number of rotatable bonds is 2. The molecule has 3 aromatic rings. The van der Waals surface area contributed by atoms with Gasteiger partial charge in [-0.05, 0) is 25.3 Å². The zero-order valence-corrected chi connectivity index (χ0v) is 11.2. The first-order valence-corrected chi connectivity index (χ1v) is 6.45. The van der Waals surface area contributed by atoms with Gasteiger partial charge in [0.1, 0.15) is 0 Å². The highest BCUT2D eigenvalue weighted by Crippen LogP contribution is 2.24. The molecule has 0 aliphatic heterocycles. The van der Waals surface area contributed by atoms with Crippen molar-refractivity contribution >= 4 is 10.8 Å². The summed E-state index contributed by atoms with van der Waals surface area (Å²) in [6.07, 6.45) is 0. The molecular formula is C16H17N3. The summed E-state index contributed by atoms with van der Waals surface area (Å²) in [6, 6.07) is 14.6. The largest absolute Gasteiger partial charge is 0.326 e. The molecule has 2 aromatic carbocycles. The smallest absolute Gasteiger partial charge is 0.0727 e. The first-order chi connectivity index (χ1) is 9.22. The van der Waals surface area contributed by atoms with Crippen molar-refractivity contribution in [2.24, 2.45) is 5.73 Å². The molecule has 0 spiro atoms. The van der Waals surface area contributed by atoms with E-state index >= 15 is 0 Å². The highest BCUT2D eigenvalue weighted by molar-refractivity contribution is 5.90. The quantitative estimate of drug-likeness (QED) is 0.760. The van der Waals surface area contributed by atoms with E-state index in [0.717, 1.165) is 22.6 Å². The number of nitrogens with zero attached hydrogens (tertiary/aromatic N) is 2. The van der Waals surface area contributed by atoms with Crippen LogP contribution in [0.15, 0.2) is 42.5 Å². The van der Waals surface area contributed by atoms with Crippen molar-refractivity contribution in [2.45, 2.75) is 20.4 Å². The lowest BCUT2D eigenvalue weighted by Crippen LogP contribution is -2.02. The Balaban J connectivity index is 2.31. The fraction of sp³-hybridized carbons (Fsp3) is 0.188. The van der Waals surface area contributed by atoms with Crippen LogP contribution in [-0.2, 0) is 6.54 Å². The molecule has 2 N–H and O–H groups in total. The van der Waals surface area contributed by atoms with E-state index in [0.29, 0.717) is 6.54 Å². The van der Waals surface area contributed by atoms with Gasteiger partial charge in [-0.1, -0.05) is 36.4 Å². The molecule has 0 fully saturated rings. The number of aromatic nitrogens is 2. The minimum Gasteiger partial charge on any atom is -0.326 e. The molecule has 3 nitrogen and oxygen atoms in total. The summed E-state index contributed by atoms with van der Waals surface area (Å²) >= 11 is 0. The third-order valence-corrected chi connectivity index (χ3v) is 3.64. The molecule has 19 heavy (non-hydrogen) atoms. The summed E-state index contributed by atoms with van der Waals surface area (Å²) in [4.78, 5) is 0. The van der Waals surface area contributed by atoms with Crippen molar-refractivity contribution in [1.82, 2.24) is 9.78 Å². The van der Waals surface area contributed by atoms with Gasteiger partial charge in [-0.15, -0.1) is 0 Å². The Labute approximate surface area is 112 Å². The molecule has 0 saturated heterocycles. The zero-order valence-electron chi connectivity index (χ0n) is 11.2. The summed E-state index contributed by atoms with van der Waals surface area (Å²) < 4.78 is 2.00. The second-order valence-corrected chi connectivity index (χ2v) is 4.76. The Morgan fingerprint density at radius 1 is 1.05 bits per heavy atom. The monoisotopic (exact) mass is 251 g/mol.